The van der Waals surface area contributed by atoms with Crippen LogP contribution in [-0.4, -0.2) is 61.8 Å². The molecule has 0 aliphatic carbocycles. The lowest BCUT2D eigenvalue weighted by atomic mass is 10.0. The summed E-state index contributed by atoms with van der Waals surface area (Å²) in [6, 6.07) is 14.3. The van der Waals surface area contributed by atoms with Crippen LogP contribution >= 0.6 is 11.6 Å². The van der Waals surface area contributed by atoms with E-state index in [0.29, 0.717) is 6.54 Å². The molecule has 1 aliphatic rings. The Kier molecular flexibility index (Phi) is 8.74. The lowest BCUT2D eigenvalue weighted by Crippen LogP contribution is -2.42. The number of rotatable bonds is 8. The second kappa shape index (κ2) is 11.8. The molecule has 1 aromatic heterocycles. The van der Waals surface area contributed by atoms with Gasteiger partial charge in [0.1, 0.15) is 0 Å². The van der Waals surface area contributed by atoms with Gasteiger partial charge in [-0.25, -0.2) is 0 Å². The van der Waals surface area contributed by atoms with Gasteiger partial charge in [0.05, 0.1) is 25.8 Å². The molecule has 3 rings (SSSR count). The van der Waals surface area contributed by atoms with E-state index in [1.165, 1.54) is 5.56 Å². The summed E-state index contributed by atoms with van der Waals surface area (Å²) in [5.41, 5.74) is 2.30. The van der Waals surface area contributed by atoms with Crippen LogP contribution in [0.5, 0.6) is 0 Å². The van der Waals surface area contributed by atoms with Gasteiger partial charge >= 0.3 is 0 Å². The molecule has 0 saturated carbocycles. The van der Waals surface area contributed by atoms with Crippen molar-refractivity contribution in [2.75, 3.05) is 45.9 Å². The van der Waals surface area contributed by atoms with Gasteiger partial charge < -0.3 is 15.4 Å². The van der Waals surface area contributed by atoms with Crippen LogP contribution in [0.15, 0.2) is 53.7 Å². The molecule has 0 bridgehead atoms. The fourth-order valence-electron chi connectivity index (χ4n) is 3.38. The van der Waals surface area contributed by atoms with Crippen molar-refractivity contribution in [3.8, 4) is 0 Å². The number of guanidine groups is 1. The Hall–Kier alpha value is -2.15. The van der Waals surface area contributed by atoms with Crippen molar-refractivity contribution in [1.29, 1.82) is 0 Å². The zero-order valence-electron chi connectivity index (χ0n) is 17.0. The van der Waals surface area contributed by atoms with Gasteiger partial charge in [0.25, 0.3) is 0 Å². The molecule has 1 atom stereocenters. The number of benzene rings is 1. The molecule has 1 aliphatic heterocycles. The molecular formula is C22H30ClN5O. The SMILES string of the molecule is CCNC(=NCC(c1ccc(Cl)cc1)N1CCOCC1)NCCc1ccccn1. The van der Waals surface area contributed by atoms with E-state index in [2.05, 4.69) is 39.6 Å². The maximum absolute atomic E-state index is 6.09. The molecule has 2 N–H and O–H groups in total. The van der Waals surface area contributed by atoms with Gasteiger partial charge in [-0.2, -0.15) is 0 Å². The van der Waals surface area contributed by atoms with Gasteiger partial charge in [0, 0.05) is 49.5 Å². The molecule has 1 saturated heterocycles. The maximum Gasteiger partial charge on any atom is 0.191 e. The van der Waals surface area contributed by atoms with E-state index >= 15 is 0 Å². The van der Waals surface area contributed by atoms with Crippen LogP contribution in [0.3, 0.4) is 0 Å². The summed E-state index contributed by atoms with van der Waals surface area (Å²) in [6.45, 7) is 7.69. The summed E-state index contributed by atoms with van der Waals surface area (Å²) in [4.78, 5) is 11.7. The number of aliphatic imine (C=N–C) groups is 1. The Morgan fingerprint density at radius 1 is 1.17 bits per heavy atom. The number of halogens is 1. The molecule has 0 spiro atoms. The van der Waals surface area contributed by atoms with Crippen LogP contribution in [0.1, 0.15) is 24.2 Å². The predicted molar refractivity (Wildman–Crippen MR) is 119 cm³/mol. The van der Waals surface area contributed by atoms with Crippen molar-refractivity contribution in [3.05, 3.63) is 64.9 Å². The first-order valence-corrected chi connectivity index (χ1v) is 10.6. The highest BCUT2D eigenvalue weighted by molar-refractivity contribution is 6.30. The number of nitrogens with zero attached hydrogens (tertiary/aromatic N) is 3. The molecule has 2 aromatic rings. The largest absolute Gasteiger partial charge is 0.379 e. The van der Waals surface area contributed by atoms with Gasteiger partial charge in [0.2, 0.25) is 0 Å². The van der Waals surface area contributed by atoms with Crippen LogP contribution in [0.4, 0.5) is 0 Å². The summed E-state index contributed by atoms with van der Waals surface area (Å²) in [7, 11) is 0. The standard InChI is InChI=1S/C22H30ClN5O/c1-2-24-22(26-12-10-20-5-3-4-11-25-20)27-17-21(28-13-15-29-16-14-28)18-6-8-19(23)9-7-18/h3-9,11,21H,2,10,12-17H2,1H3,(H2,24,26,27). The van der Waals surface area contributed by atoms with Crippen LogP contribution in [-0.2, 0) is 11.2 Å². The average Bonchev–Trinajstić information content (AvgIpc) is 2.76. The van der Waals surface area contributed by atoms with E-state index in [9.17, 15) is 0 Å². The van der Waals surface area contributed by atoms with Crippen molar-refractivity contribution in [2.45, 2.75) is 19.4 Å². The first-order chi connectivity index (χ1) is 14.3. The molecule has 0 radical (unpaired) electrons. The molecule has 1 fully saturated rings. The number of pyridine rings is 1. The maximum atomic E-state index is 6.09. The minimum Gasteiger partial charge on any atom is -0.379 e. The molecule has 1 unspecified atom stereocenters. The quantitative estimate of drug-likeness (QED) is 0.512. The Balaban J connectivity index is 1.65. The number of hydrogen-bond donors (Lipinski definition) is 2. The highest BCUT2D eigenvalue weighted by Gasteiger charge is 2.22. The van der Waals surface area contributed by atoms with Crippen LogP contribution in [0.2, 0.25) is 5.02 Å². The molecular weight excluding hydrogens is 386 g/mol. The summed E-state index contributed by atoms with van der Waals surface area (Å²) in [5, 5.41) is 7.52. The smallest absolute Gasteiger partial charge is 0.191 e. The summed E-state index contributed by atoms with van der Waals surface area (Å²) >= 11 is 6.09. The molecule has 2 heterocycles. The average molecular weight is 416 g/mol. The predicted octanol–water partition coefficient (Wildman–Crippen LogP) is 2.91. The number of morpholine rings is 1. The molecule has 156 valence electrons. The monoisotopic (exact) mass is 415 g/mol. The molecule has 1 aromatic carbocycles. The third-order valence-electron chi connectivity index (χ3n) is 4.91. The zero-order valence-corrected chi connectivity index (χ0v) is 17.7. The van der Waals surface area contributed by atoms with Gasteiger partial charge in [-0.3, -0.25) is 14.9 Å². The van der Waals surface area contributed by atoms with Crippen molar-refractivity contribution in [1.82, 2.24) is 20.5 Å². The minimum absolute atomic E-state index is 0.197. The number of aromatic nitrogens is 1. The third-order valence-corrected chi connectivity index (χ3v) is 5.16. The Morgan fingerprint density at radius 3 is 2.66 bits per heavy atom. The van der Waals surface area contributed by atoms with E-state index in [1.54, 1.807) is 0 Å². The van der Waals surface area contributed by atoms with Crippen LogP contribution in [0, 0.1) is 0 Å². The van der Waals surface area contributed by atoms with Gasteiger partial charge in [-0.15, -0.1) is 0 Å². The topological polar surface area (TPSA) is 61.8 Å². The normalized spacial score (nSPS) is 16.4. The Labute approximate surface area is 178 Å². The first kappa shape index (κ1) is 21.6. The van der Waals surface area contributed by atoms with Crippen molar-refractivity contribution in [3.63, 3.8) is 0 Å². The second-order valence-electron chi connectivity index (χ2n) is 6.93. The van der Waals surface area contributed by atoms with E-state index in [0.717, 1.165) is 62.5 Å². The first-order valence-electron chi connectivity index (χ1n) is 10.3. The van der Waals surface area contributed by atoms with Gasteiger partial charge in [-0.05, 0) is 36.8 Å². The van der Waals surface area contributed by atoms with E-state index in [-0.39, 0.29) is 6.04 Å². The van der Waals surface area contributed by atoms with Crippen molar-refractivity contribution >= 4 is 17.6 Å². The zero-order chi connectivity index (χ0) is 20.3. The fraction of sp³-hybridized carbons (Fsp3) is 0.455. The number of ether oxygens (including phenoxy) is 1. The summed E-state index contributed by atoms with van der Waals surface area (Å²) in [5.74, 6) is 0.829. The number of nitrogens with one attached hydrogen (secondary N) is 2. The van der Waals surface area contributed by atoms with E-state index < -0.39 is 0 Å². The number of hydrogen-bond acceptors (Lipinski definition) is 4. The molecule has 7 heteroatoms. The Bertz CT molecular complexity index is 748. The van der Waals surface area contributed by atoms with Crippen LogP contribution in [0.25, 0.3) is 0 Å². The third kappa shape index (κ3) is 6.99. The van der Waals surface area contributed by atoms with E-state index in [1.807, 2.05) is 36.5 Å². The second-order valence-corrected chi connectivity index (χ2v) is 7.37. The van der Waals surface area contributed by atoms with Crippen molar-refractivity contribution < 1.29 is 4.74 Å². The summed E-state index contributed by atoms with van der Waals surface area (Å²) in [6.07, 6.45) is 2.68. The minimum atomic E-state index is 0.197. The molecule has 6 nitrogen and oxygen atoms in total. The van der Waals surface area contributed by atoms with Gasteiger partial charge in [-0.1, -0.05) is 29.8 Å². The molecule has 0 amide bonds. The molecule has 29 heavy (non-hydrogen) atoms. The lowest BCUT2D eigenvalue weighted by molar-refractivity contribution is 0.0180. The lowest BCUT2D eigenvalue weighted by Gasteiger charge is -2.34. The van der Waals surface area contributed by atoms with E-state index in [4.69, 9.17) is 21.3 Å². The van der Waals surface area contributed by atoms with Gasteiger partial charge in [0.15, 0.2) is 5.96 Å². The Morgan fingerprint density at radius 2 is 1.97 bits per heavy atom. The van der Waals surface area contributed by atoms with Crippen molar-refractivity contribution in [2.24, 2.45) is 4.99 Å². The highest BCUT2D eigenvalue weighted by Crippen LogP contribution is 2.24. The highest BCUT2D eigenvalue weighted by atomic mass is 35.5. The summed E-state index contributed by atoms with van der Waals surface area (Å²) < 4.78 is 5.53. The van der Waals surface area contributed by atoms with Crippen LogP contribution < -0.4 is 10.6 Å². The fourth-order valence-corrected chi connectivity index (χ4v) is 3.51.